The predicted molar refractivity (Wildman–Crippen MR) is 471 cm³/mol. The molecule has 510 valence electrons. The lowest BCUT2D eigenvalue weighted by Crippen LogP contribution is -2.04. The first-order chi connectivity index (χ1) is 55.1. The third kappa shape index (κ3) is 8.19. The highest BCUT2D eigenvalue weighted by molar-refractivity contribution is 7.26. The highest BCUT2D eigenvalue weighted by Gasteiger charge is 2.29. The largest absolute Gasteiger partial charge is 0.452 e. The van der Waals surface area contributed by atoms with Gasteiger partial charge < -0.3 is 4.42 Å². The molecule has 0 saturated heterocycles. The van der Waals surface area contributed by atoms with Gasteiger partial charge >= 0.3 is 0 Å². The first kappa shape index (κ1) is 59.9. The number of rotatable bonds is 5. The maximum atomic E-state index is 6.91. The lowest BCUT2D eigenvalue weighted by Gasteiger charge is -2.16. The summed E-state index contributed by atoms with van der Waals surface area (Å²) in [4.78, 5) is 23.4. The summed E-state index contributed by atoms with van der Waals surface area (Å²) in [5, 5.41) is 32.6. The van der Waals surface area contributed by atoms with E-state index in [2.05, 4.69) is 325 Å². The van der Waals surface area contributed by atoms with Crippen molar-refractivity contribution in [2.75, 3.05) is 0 Å². The number of nitrogens with zero attached hydrogens (tertiary/aromatic N) is 6. The van der Waals surface area contributed by atoms with E-state index < -0.39 is 0 Å². The zero-order valence-corrected chi connectivity index (χ0v) is 60.7. The molecule has 0 fully saturated rings. The van der Waals surface area contributed by atoms with Crippen LogP contribution in [0.5, 0.6) is 0 Å². The molecular weight excluding hydrogens is 1390 g/mol. The number of hydrogen-bond acceptors (Lipinski definition) is 7. The average Bonchev–Trinajstić information content (AvgIpc) is 1.57. The van der Waals surface area contributed by atoms with Crippen LogP contribution in [0.2, 0.25) is 0 Å². The summed E-state index contributed by atoms with van der Waals surface area (Å²) in [7, 11) is 0. The number of benzene rings is 19. The van der Waals surface area contributed by atoms with Crippen LogP contribution in [-0.2, 0) is 0 Å². The predicted octanol–water partition coefficient (Wildman–Crippen LogP) is 28.6. The van der Waals surface area contributed by atoms with Crippen molar-refractivity contribution >= 4 is 237 Å². The molecule has 0 atom stereocenters. The molecule has 0 radical (unpaired) electrons. The van der Waals surface area contributed by atoms with Crippen LogP contribution in [0.3, 0.4) is 0 Å². The van der Waals surface area contributed by atoms with Crippen LogP contribution >= 0.6 is 22.7 Å². The molecule has 0 bridgehead atoms. The zero-order valence-electron chi connectivity index (χ0n) is 59.1. The quantitative estimate of drug-likeness (QED) is 0.161. The summed E-state index contributed by atoms with van der Waals surface area (Å²) in [5.41, 5.74) is 13.2. The fraction of sp³-hybridized carbons (Fsp3) is 0. The summed E-state index contributed by atoms with van der Waals surface area (Å²) >= 11 is 3.65. The maximum absolute atomic E-state index is 6.91. The minimum atomic E-state index is 0.578. The second-order valence-corrected chi connectivity index (χ2v) is 31.8. The van der Waals surface area contributed by atoms with Crippen LogP contribution in [0, 0.1) is 0 Å². The van der Waals surface area contributed by atoms with Crippen molar-refractivity contribution in [3.05, 3.63) is 328 Å². The second kappa shape index (κ2) is 22.2. The van der Waals surface area contributed by atoms with Crippen molar-refractivity contribution in [2.45, 2.75) is 0 Å². The van der Waals surface area contributed by atoms with Gasteiger partial charge in [-0.05, 0) is 147 Å². The Kier molecular flexibility index (Phi) is 12.0. The van der Waals surface area contributed by atoms with Crippen LogP contribution in [0.15, 0.2) is 332 Å². The van der Waals surface area contributed by atoms with E-state index in [-0.39, 0.29) is 0 Å². The molecular formula is C102H54N6OS2. The van der Waals surface area contributed by atoms with Crippen LogP contribution in [-0.4, -0.2) is 29.1 Å². The summed E-state index contributed by atoms with van der Waals surface area (Å²) in [6, 6.07) is 121. The summed E-state index contributed by atoms with van der Waals surface area (Å²) in [6.07, 6.45) is 0. The van der Waals surface area contributed by atoms with Crippen LogP contribution in [0.4, 0.5) is 0 Å². The van der Waals surface area contributed by atoms with Crippen LogP contribution < -0.4 is 0 Å². The van der Waals surface area contributed by atoms with Gasteiger partial charge in [-0.2, -0.15) is 0 Å². The first-order valence-electron chi connectivity index (χ1n) is 37.7. The Balaban J connectivity index is 0.724. The van der Waals surface area contributed by atoms with Gasteiger partial charge in [-0.15, -0.1) is 22.7 Å². The van der Waals surface area contributed by atoms with Crippen molar-refractivity contribution in [3.8, 4) is 45.5 Å². The van der Waals surface area contributed by atoms with E-state index in [1.165, 1.54) is 99.6 Å². The summed E-state index contributed by atoms with van der Waals surface area (Å²) in [5.74, 6) is 1.20. The van der Waals surface area contributed by atoms with Gasteiger partial charge in [-0.1, -0.05) is 267 Å². The average molecular weight is 1440 g/mol. The fourth-order valence-corrected chi connectivity index (χ4v) is 21.7. The van der Waals surface area contributed by atoms with E-state index >= 15 is 0 Å². The normalized spacial score (nSPS) is 12.5. The van der Waals surface area contributed by atoms with Gasteiger partial charge in [0.2, 0.25) is 11.9 Å². The number of aromatic nitrogens is 6. The second-order valence-electron chi connectivity index (χ2n) is 29.7. The third-order valence-corrected chi connectivity index (χ3v) is 26.4. The highest BCUT2D eigenvalue weighted by atomic mass is 32.1. The van der Waals surface area contributed by atoms with Gasteiger partial charge in [0.1, 0.15) is 16.8 Å². The van der Waals surface area contributed by atoms with E-state index in [9.17, 15) is 0 Å². The van der Waals surface area contributed by atoms with Crippen LogP contribution in [0.25, 0.3) is 259 Å². The monoisotopic (exact) mass is 1440 g/mol. The highest BCUT2D eigenvalue weighted by Crippen LogP contribution is 2.52. The van der Waals surface area contributed by atoms with Gasteiger partial charge in [-0.25, -0.2) is 19.9 Å². The molecule has 0 spiro atoms. The molecule has 26 aromatic rings. The summed E-state index contributed by atoms with van der Waals surface area (Å²) < 4.78 is 16.5. The number of para-hydroxylation sites is 1. The first-order valence-corrected chi connectivity index (χ1v) is 39.4. The Labute approximate surface area is 638 Å². The molecule has 111 heavy (non-hydrogen) atoms. The molecule has 0 N–H and O–H groups in total. The minimum Gasteiger partial charge on any atom is -0.452 e. The Morgan fingerprint density at radius 1 is 0.252 bits per heavy atom. The molecule has 0 unspecified atom stereocenters. The molecule has 0 aliphatic rings. The van der Waals surface area contributed by atoms with Crippen molar-refractivity contribution in [1.29, 1.82) is 0 Å². The molecule has 0 amide bonds. The molecule has 0 aliphatic carbocycles. The molecule has 19 aromatic carbocycles. The standard InChI is InChI=1S/C102H54N6OS2/c1-3-21-60-55(19-1)41-46-76-92-82(51-48-69-64-25-6-5-23-62(64)63-24-9-10-29-68(63)89(69)92)107(97(60)76)101-103-81-50-44-57-39-40-58(53-79(57)91(81)94(104-101)78-34-17-32-72-67-28-12-15-36-85(67)111-100(72)78)59-43-45-71-80(54-59)66-27-8-7-26-65(66)70-49-52-83-93(90(70)71)77-47-42-56-20-2-4-22-61(56)98(77)108(83)102-105-95-73-30-11-14-35-84(73)109-99(95)96(106-102)75-33-18-38-87-88(75)74-31-13-16-37-86(74)110-87/h1-54H. The van der Waals surface area contributed by atoms with Crippen molar-refractivity contribution in [2.24, 2.45) is 0 Å². The maximum Gasteiger partial charge on any atom is 0.236 e. The third-order valence-electron chi connectivity index (χ3n) is 24.1. The lowest BCUT2D eigenvalue weighted by atomic mass is 9.89. The van der Waals surface area contributed by atoms with Crippen molar-refractivity contribution < 1.29 is 4.42 Å². The SMILES string of the molecule is c1ccc2c(c1)ccc1c3c4c5ccccc5c5ccccc5c4ccc3n(-c3nc(-c4cccc5c4sc4ccccc45)c4c(ccc5ccc(-c6ccc7c(c6)c6ccccc6c6ccc8c(c9ccc%10ccccc%10c9n8-c8nc(-c9cccc%10sc%11ccccc%11c9%10)c9oc%10ccccc%10c9n8)c67)cc54)n3)c21. The van der Waals surface area contributed by atoms with E-state index in [1.807, 2.05) is 34.8 Å². The molecule has 0 saturated carbocycles. The summed E-state index contributed by atoms with van der Waals surface area (Å²) in [6.45, 7) is 0. The van der Waals surface area contributed by atoms with E-state index in [1.54, 1.807) is 0 Å². The molecule has 26 rings (SSSR count). The number of furan rings is 1. The zero-order chi connectivity index (χ0) is 72.0. The van der Waals surface area contributed by atoms with E-state index in [4.69, 9.17) is 24.4 Å². The van der Waals surface area contributed by atoms with Gasteiger partial charge in [0, 0.05) is 105 Å². The molecule has 7 heterocycles. The van der Waals surface area contributed by atoms with E-state index in [0.717, 1.165) is 142 Å². The van der Waals surface area contributed by atoms with Crippen molar-refractivity contribution in [3.63, 3.8) is 0 Å². The smallest absolute Gasteiger partial charge is 0.236 e. The van der Waals surface area contributed by atoms with Gasteiger partial charge in [0.05, 0.1) is 33.3 Å². The van der Waals surface area contributed by atoms with Crippen LogP contribution in [0.1, 0.15) is 0 Å². The van der Waals surface area contributed by atoms with E-state index in [0.29, 0.717) is 17.5 Å². The van der Waals surface area contributed by atoms with Gasteiger partial charge in [-0.3, -0.25) is 9.13 Å². The molecule has 7 nitrogen and oxygen atoms in total. The van der Waals surface area contributed by atoms with Gasteiger partial charge in [0.15, 0.2) is 5.58 Å². The number of hydrogen-bond donors (Lipinski definition) is 0. The topological polar surface area (TPSA) is 74.6 Å². The Morgan fingerprint density at radius 2 is 0.703 bits per heavy atom. The fourth-order valence-electron chi connectivity index (χ4n) is 19.3. The Bertz CT molecular complexity index is 8720. The number of fused-ring (bicyclic) bond motifs is 36. The van der Waals surface area contributed by atoms with Crippen molar-refractivity contribution in [1.82, 2.24) is 29.1 Å². The lowest BCUT2D eigenvalue weighted by molar-refractivity contribution is 0.666. The molecule has 0 aliphatic heterocycles. The van der Waals surface area contributed by atoms with Gasteiger partial charge in [0.25, 0.3) is 0 Å². The Hall–Kier alpha value is -14.2. The molecule has 9 heteroatoms. The minimum absolute atomic E-state index is 0.578. The Morgan fingerprint density at radius 3 is 1.39 bits per heavy atom. The molecule has 7 aromatic heterocycles. The number of thiophene rings is 2.